The Morgan fingerprint density at radius 1 is 0.923 bits per heavy atom. The first-order chi connectivity index (χ1) is 12.7. The summed E-state index contributed by atoms with van der Waals surface area (Å²) < 4.78 is 0. The summed E-state index contributed by atoms with van der Waals surface area (Å²) >= 11 is 0. The Morgan fingerprint density at radius 2 is 1.58 bits per heavy atom. The van der Waals surface area contributed by atoms with Gasteiger partial charge in [-0.1, -0.05) is 25.1 Å². The monoisotopic (exact) mass is 358 g/mol. The van der Waals surface area contributed by atoms with Crippen LogP contribution in [0.4, 0.5) is 5.69 Å². The van der Waals surface area contributed by atoms with Gasteiger partial charge in [-0.2, -0.15) is 0 Å². The predicted molar refractivity (Wildman–Crippen MR) is 103 cm³/mol. The van der Waals surface area contributed by atoms with Crippen LogP contribution in [0.15, 0.2) is 24.3 Å². The highest BCUT2D eigenvalue weighted by atomic mass is 16.2. The van der Waals surface area contributed by atoms with Gasteiger partial charge in [-0.05, 0) is 44.0 Å². The number of benzene rings is 1. The molecule has 0 aromatic heterocycles. The maximum atomic E-state index is 12.4. The van der Waals surface area contributed by atoms with Crippen LogP contribution in [0.25, 0.3) is 0 Å². The summed E-state index contributed by atoms with van der Waals surface area (Å²) in [5, 5.41) is 3.02. The molecule has 2 fully saturated rings. The standard InChI is InChI=1S/C20H30N4O2/c1-2-17-7-3-4-8-18(17)21-19(25)15-23-11-13-24(14-12-23)20(26)16-22-9-5-6-10-22/h3-4,7-8H,2,5-6,9-16H2,1H3,(H,21,25). The number of para-hydroxylation sites is 1. The molecule has 0 bridgehead atoms. The first kappa shape index (κ1) is 18.9. The van der Waals surface area contributed by atoms with E-state index in [1.807, 2.05) is 29.2 Å². The number of hydrogen-bond donors (Lipinski definition) is 1. The van der Waals surface area contributed by atoms with Crippen LogP contribution in [-0.2, 0) is 16.0 Å². The number of rotatable bonds is 6. The number of nitrogens with one attached hydrogen (secondary N) is 1. The number of amides is 2. The van der Waals surface area contributed by atoms with Gasteiger partial charge in [0.05, 0.1) is 13.1 Å². The molecule has 1 N–H and O–H groups in total. The van der Waals surface area contributed by atoms with Crippen molar-refractivity contribution < 1.29 is 9.59 Å². The van der Waals surface area contributed by atoms with E-state index in [2.05, 4.69) is 22.0 Å². The molecule has 0 aliphatic carbocycles. The molecule has 0 saturated carbocycles. The lowest BCUT2D eigenvalue weighted by molar-refractivity contribution is -0.134. The van der Waals surface area contributed by atoms with Crippen molar-refractivity contribution in [2.45, 2.75) is 26.2 Å². The van der Waals surface area contributed by atoms with E-state index < -0.39 is 0 Å². The van der Waals surface area contributed by atoms with Gasteiger partial charge in [0.1, 0.15) is 0 Å². The summed E-state index contributed by atoms with van der Waals surface area (Å²) in [6.45, 7) is 8.06. The number of aryl methyl sites for hydroxylation is 1. The second-order valence-corrected chi connectivity index (χ2v) is 7.20. The van der Waals surface area contributed by atoms with E-state index in [4.69, 9.17) is 0 Å². The molecule has 3 rings (SSSR count). The highest BCUT2D eigenvalue weighted by Gasteiger charge is 2.24. The Bertz CT molecular complexity index is 620. The van der Waals surface area contributed by atoms with E-state index in [9.17, 15) is 9.59 Å². The van der Waals surface area contributed by atoms with Crippen molar-refractivity contribution in [1.29, 1.82) is 0 Å². The van der Waals surface area contributed by atoms with Crippen LogP contribution in [0.2, 0.25) is 0 Å². The number of piperazine rings is 1. The third kappa shape index (κ3) is 5.05. The van der Waals surface area contributed by atoms with E-state index in [0.717, 1.165) is 43.9 Å². The van der Waals surface area contributed by atoms with Crippen LogP contribution in [0.5, 0.6) is 0 Å². The van der Waals surface area contributed by atoms with Gasteiger partial charge in [0.15, 0.2) is 0 Å². The van der Waals surface area contributed by atoms with Crippen molar-refractivity contribution in [2.75, 3.05) is 57.7 Å². The second-order valence-electron chi connectivity index (χ2n) is 7.20. The Morgan fingerprint density at radius 3 is 2.27 bits per heavy atom. The first-order valence-electron chi connectivity index (χ1n) is 9.76. The Kier molecular flexibility index (Phi) is 6.63. The van der Waals surface area contributed by atoms with E-state index >= 15 is 0 Å². The summed E-state index contributed by atoms with van der Waals surface area (Å²) in [5.74, 6) is 0.246. The molecule has 0 atom stereocenters. The Hall–Kier alpha value is -1.92. The zero-order valence-electron chi connectivity index (χ0n) is 15.7. The van der Waals surface area contributed by atoms with Gasteiger partial charge >= 0.3 is 0 Å². The Labute approximate surface area is 156 Å². The van der Waals surface area contributed by atoms with Gasteiger partial charge in [0.2, 0.25) is 11.8 Å². The SMILES string of the molecule is CCc1ccccc1NC(=O)CN1CCN(C(=O)CN2CCCC2)CC1. The number of hydrogen-bond acceptors (Lipinski definition) is 4. The van der Waals surface area contributed by atoms with Crippen molar-refractivity contribution in [3.05, 3.63) is 29.8 Å². The van der Waals surface area contributed by atoms with Gasteiger partial charge in [0, 0.05) is 31.9 Å². The van der Waals surface area contributed by atoms with Gasteiger partial charge < -0.3 is 10.2 Å². The largest absolute Gasteiger partial charge is 0.339 e. The van der Waals surface area contributed by atoms with Gasteiger partial charge in [-0.15, -0.1) is 0 Å². The number of likely N-dealkylation sites (tertiary alicyclic amines) is 1. The van der Waals surface area contributed by atoms with Crippen LogP contribution in [0.1, 0.15) is 25.3 Å². The number of carbonyl (C=O) groups excluding carboxylic acids is 2. The molecule has 26 heavy (non-hydrogen) atoms. The van der Waals surface area contributed by atoms with Crippen LogP contribution in [0.3, 0.4) is 0 Å². The fourth-order valence-corrected chi connectivity index (χ4v) is 3.73. The highest BCUT2D eigenvalue weighted by molar-refractivity contribution is 5.93. The summed E-state index contributed by atoms with van der Waals surface area (Å²) in [6, 6.07) is 7.93. The molecule has 1 aromatic rings. The van der Waals surface area contributed by atoms with E-state index in [1.54, 1.807) is 0 Å². The van der Waals surface area contributed by atoms with E-state index in [0.29, 0.717) is 26.2 Å². The number of nitrogens with zero attached hydrogens (tertiary/aromatic N) is 3. The normalized spacial score (nSPS) is 18.9. The predicted octanol–water partition coefficient (Wildman–Crippen LogP) is 1.43. The minimum absolute atomic E-state index is 0.0164. The summed E-state index contributed by atoms with van der Waals surface area (Å²) in [4.78, 5) is 31.1. The smallest absolute Gasteiger partial charge is 0.238 e. The van der Waals surface area contributed by atoms with Gasteiger partial charge in [-0.3, -0.25) is 19.4 Å². The quantitative estimate of drug-likeness (QED) is 0.836. The first-order valence-corrected chi connectivity index (χ1v) is 9.76. The number of anilines is 1. The second kappa shape index (κ2) is 9.14. The van der Waals surface area contributed by atoms with Crippen molar-refractivity contribution in [3.8, 4) is 0 Å². The molecule has 2 heterocycles. The lowest BCUT2D eigenvalue weighted by atomic mass is 10.1. The highest BCUT2D eigenvalue weighted by Crippen LogP contribution is 2.15. The van der Waals surface area contributed by atoms with Crippen LogP contribution < -0.4 is 5.32 Å². The van der Waals surface area contributed by atoms with Crippen LogP contribution in [0, 0.1) is 0 Å². The molecule has 2 amide bonds. The summed E-state index contributed by atoms with van der Waals surface area (Å²) in [7, 11) is 0. The molecule has 6 nitrogen and oxygen atoms in total. The summed E-state index contributed by atoms with van der Waals surface area (Å²) in [5.41, 5.74) is 2.05. The summed E-state index contributed by atoms with van der Waals surface area (Å²) in [6.07, 6.45) is 3.31. The molecule has 0 spiro atoms. The van der Waals surface area contributed by atoms with Crippen LogP contribution >= 0.6 is 0 Å². The molecule has 2 aliphatic heterocycles. The minimum atomic E-state index is 0.0164. The maximum Gasteiger partial charge on any atom is 0.238 e. The fourth-order valence-electron chi connectivity index (χ4n) is 3.73. The number of carbonyl (C=O) groups is 2. The average Bonchev–Trinajstić information content (AvgIpc) is 3.15. The van der Waals surface area contributed by atoms with E-state index in [1.165, 1.54) is 12.8 Å². The van der Waals surface area contributed by atoms with Crippen molar-refractivity contribution in [1.82, 2.24) is 14.7 Å². The average molecular weight is 358 g/mol. The molecular weight excluding hydrogens is 328 g/mol. The maximum absolute atomic E-state index is 12.4. The molecule has 2 aliphatic rings. The third-order valence-electron chi connectivity index (χ3n) is 5.32. The topological polar surface area (TPSA) is 55.9 Å². The molecular formula is C20H30N4O2. The molecule has 142 valence electrons. The molecule has 1 aromatic carbocycles. The zero-order chi connectivity index (χ0) is 18.4. The van der Waals surface area contributed by atoms with Gasteiger partial charge in [-0.25, -0.2) is 0 Å². The Balaban J connectivity index is 1.41. The van der Waals surface area contributed by atoms with Crippen molar-refractivity contribution in [3.63, 3.8) is 0 Å². The minimum Gasteiger partial charge on any atom is -0.339 e. The van der Waals surface area contributed by atoms with Crippen LogP contribution in [-0.4, -0.2) is 78.9 Å². The lowest BCUT2D eigenvalue weighted by Gasteiger charge is -2.35. The molecule has 0 radical (unpaired) electrons. The van der Waals surface area contributed by atoms with Crippen molar-refractivity contribution >= 4 is 17.5 Å². The van der Waals surface area contributed by atoms with E-state index in [-0.39, 0.29) is 11.8 Å². The fraction of sp³-hybridized carbons (Fsp3) is 0.600. The lowest BCUT2D eigenvalue weighted by Crippen LogP contribution is -2.52. The molecule has 2 saturated heterocycles. The van der Waals surface area contributed by atoms with Gasteiger partial charge in [0.25, 0.3) is 0 Å². The molecule has 0 unspecified atom stereocenters. The van der Waals surface area contributed by atoms with Crippen molar-refractivity contribution in [2.24, 2.45) is 0 Å². The third-order valence-corrected chi connectivity index (χ3v) is 5.32. The zero-order valence-corrected chi connectivity index (χ0v) is 15.7. The molecule has 6 heteroatoms.